The summed E-state index contributed by atoms with van der Waals surface area (Å²) in [5.41, 5.74) is -0.564. The molecular formula is C13H22O3. The summed E-state index contributed by atoms with van der Waals surface area (Å²) >= 11 is 0. The van der Waals surface area contributed by atoms with Crippen molar-refractivity contribution in [3.63, 3.8) is 0 Å². The lowest BCUT2D eigenvalue weighted by molar-refractivity contribution is -0.178. The summed E-state index contributed by atoms with van der Waals surface area (Å²) in [4.78, 5) is 11.0. The third kappa shape index (κ3) is 1.97. The molecule has 2 aliphatic carbocycles. The van der Waals surface area contributed by atoms with Gasteiger partial charge < -0.3 is 9.84 Å². The molecule has 3 nitrogen and oxygen atoms in total. The summed E-state index contributed by atoms with van der Waals surface area (Å²) < 4.78 is 5.25. The SMILES string of the molecule is CC(=O)OC1CCC2(C)CCCCC2(O)C1. The van der Waals surface area contributed by atoms with E-state index in [0.29, 0.717) is 6.42 Å². The van der Waals surface area contributed by atoms with Crippen LogP contribution in [0.25, 0.3) is 0 Å². The summed E-state index contributed by atoms with van der Waals surface area (Å²) in [6.07, 6.45) is 6.71. The van der Waals surface area contributed by atoms with E-state index in [2.05, 4.69) is 6.92 Å². The van der Waals surface area contributed by atoms with Gasteiger partial charge in [0.15, 0.2) is 0 Å². The number of esters is 1. The molecule has 16 heavy (non-hydrogen) atoms. The van der Waals surface area contributed by atoms with E-state index >= 15 is 0 Å². The van der Waals surface area contributed by atoms with Crippen LogP contribution in [0, 0.1) is 5.41 Å². The molecule has 0 aromatic carbocycles. The van der Waals surface area contributed by atoms with Crippen molar-refractivity contribution in [1.82, 2.24) is 0 Å². The Labute approximate surface area is 97.2 Å². The Morgan fingerprint density at radius 3 is 2.69 bits per heavy atom. The minimum absolute atomic E-state index is 0.0436. The van der Waals surface area contributed by atoms with Crippen LogP contribution in [0.4, 0.5) is 0 Å². The van der Waals surface area contributed by atoms with E-state index in [1.807, 2.05) is 0 Å². The van der Waals surface area contributed by atoms with Crippen molar-refractivity contribution in [3.05, 3.63) is 0 Å². The number of hydrogen-bond acceptors (Lipinski definition) is 3. The zero-order chi connectivity index (χ0) is 11.8. The van der Waals surface area contributed by atoms with E-state index in [1.54, 1.807) is 0 Å². The molecule has 0 aromatic heterocycles. The van der Waals surface area contributed by atoms with Gasteiger partial charge in [-0.3, -0.25) is 4.79 Å². The van der Waals surface area contributed by atoms with Gasteiger partial charge in [0.05, 0.1) is 5.60 Å². The van der Waals surface area contributed by atoms with E-state index in [-0.39, 0.29) is 17.5 Å². The maximum absolute atomic E-state index is 11.0. The van der Waals surface area contributed by atoms with Gasteiger partial charge in [0.1, 0.15) is 6.10 Å². The van der Waals surface area contributed by atoms with Crippen LogP contribution in [-0.2, 0) is 9.53 Å². The van der Waals surface area contributed by atoms with Crippen LogP contribution in [0.2, 0.25) is 0 Å². The fraction of sp³-hybridized carbons (Fsp3) is 0.923. The number of ether oxygens (including phenoxy) is 1. The van der Waals surface area contributed by atoms with Crippen LogP contribution in [-0.4, -0.2) is 22.8 Å². The first-order valence-corrected chi connectivity index (χ1v) is 6.35. The fourth-order valence-electron chi connectivity index (χ4n) is 3.47. The maximum Gasteiger partial charge on any atom is 0.302 e. The first kappa shape index (κ1) is 11.9. The summed E-state index contributed by atoms with van der Waals surface area (Å²) in [5.74, 6) is -0.229. The van der Waals surface area contributed by atoms with Gasteiger partial charge in [-0.15, -0.1) is 0 Å². The second kappa shape index (κ2) is 4.02. The molecule has 0 aliphatic heterocycles. The molecule has 0 aromatic rings. The van der Waals surface area contributed by atoms with Crippen LogP contribution in [0.3, 0.4) is 0 Å². The topological polar surface area (TPSA) is 46.5 Å². The van der Waals surface area contributed by atoms with Crippen LogP contribution < -0.4 is 0 Å². The van der Waals surface area contributed by atoms with E-state index in [4.69, 9.17) is 4.74 Å². The predicted molar refractivity (Wildman–Crippen MR) is 60.9 cm³/mol. The average molecular weight is 226 g/mol. The Bertz CT molecular complexity index is 289. The van der Waals surface area contributed by atoms with E-state index in [0.717, 1.165) is 32.1 Å². The van der Waals surface area contributed by atoms with Gasteiger partial charge in [-0.1, -0.05) is 19.8 Å². The Morgan fingerprint density at radius 1 is 1.31 bits per heavy atom. The van der Waals surface area contributed by atoms with Crippen LogP contribution in [0.1, 0.15) is 58.8 Å². The molecular weight excluding hydrogens is 204 g/mol. The van der Waals surface area contributed by atoms with E-state index in [1.165, 1.54) is 13.3 Å². The zero-order valence-electron chi connectivity index (χ0n) is 10.3. The van der Waals surface area contributed by atoms with Gasteiger partial charge in [-0.05, 0) is 31.1 Å². The first-order valence-electron chi connectivity index (χ1n) is 6.35. The number of aliphatic hydroxyl groups is 1. The molecule has 0 heterocycles. The molecule has 3 unspecified atom stereocenters. The highest BCUT2D eigenvalue weighted by molar-refractivity contribution is 5.66. The van der Waals surface area contributed by atoms with Crippen molar-refractivity contribution in [2.75, 3.05) is 0 Å². The molecule has 2 fully saturated rings. The summed E-state index contributed by atoms with van der Waals surface area (Å²) in [6.45, 7) is 3.63. The maximum atomic E-state index is 11.0. The molecule has 92 valence electrons. The smallest absolute Gasteiger partial charge is 0.302 e. The summed E-state index contributed by atoms with van der Waals surface area (Å²) in [6, 6.07) is 0. The lowest BCUT2D eigenvalue weighted by atomic mass is 9.57. The number of rotatable bonds is 1. The van der Waals surface area contributed by atoms with Gasteiger partial charge in [-0.25, -0.2) is 0 Å². The van der Waals surface area contributed by atoms with Crippen molar-refractivity contribution in [3.8, 4) is 0 Å². The van der Waals surface area contributed by atoms with Crippen molar-refractivity contribution < 1.29 is 14.6 Å². The molecule has 3 atom stereocenters. The molecule has 0 amide bonds. The fourth-order valence-corrected chi connectivity index (χ4v) is 3.47. The predicted octanol–water partition coefficient (Wildman–Crippen LogP) is 2.41. The van der Waals surface area contributed by atoms with Crippen LogP contribution >= 0.6 is 0 Å². The minimum Gasteiger partial charge on any atom is -0.462 e. The van der Waals surface area contributed by atoms with E-state index < -0.39 is 5.60 Å². The van der Waals surface area contributed by atoms with Crippen molar-refractivity contribution in [2.24, 2.45) is 5.41 Å². The highest BCUT2D eigenvalue weighted by atomic mass is 16.5. The quantitative estimate of drug-likeness (QED) is 0.698. The minimum atomic E-state index is -0.608. The Morgan fingerprint density at radius 2 is 2.00 bits per heavy atom. The average Bonchev–Trinajstić information content (AvgIpc) is 2.18. The molecule has 3 heteroatoms. The normalized spacial score (nSPS) is 43.6. The molecule has 0 saturated heterocycles. The standard InChI is InChI=1S/C13H22O3/c1-10(14)16-11-5-8-12(2)6-3-4-7-13(12,15)9-11/h11,15H,3-9H2,1-2H3. The second-order valence-electron chi connectivity index (χ2n) is 5.77. The van der Waals surface area contributed by atoms with Gasteiger partial charge in [0.2, 0.25) is 0 Å². The number of carbonyl (C=O) groups excluding carboxylic acids is 1. The first-order chi connectivity index (χ1) is 7.45. The number of fused-ring (bicyclic) bond motifs is 1. The highest BCUT2D eigenvalue weighted by Crippen LogP contribution is 2.53. The van der Waals surface area contributed by atoms with Gasteiger partial charge in [0.25, 0.3) is 0 Å². The Kier molecular flexibility index (Phi) is 2.99. The molecule has 2 rings (SSSR count). The van der Waals surface area contributed by atoms with Crippen LogP contribution in [0.5, 0.6) is 0 Å². The van der Waals surface area contributed by atoms with Gasteiger partial charge in [-0.2, -0.15) is 0 Å². The zero-order valence-corrected chi connectivity index (χ0v) is 10.3. The largest absolute Gasteiger partial charge is 0.462 e. The molecule has 0 spiro atoms. The lowest BCUT2D eigenvalue weighted by Crippen LogP contribution is -2.54. The lowest BCUT2D eigenvalue weighted by Gasteiger charge is -2.53. The Balaban J connectivity index is 2.08. The third-order valence-corrected chi connectivity index (χ3v) is 4.61. The molecule has 0 radical (unpaired) electrons. The number of carbonyl (C=O) groups is 1. The molecule has 0 bridgehead atoms. The molecule has 2 aliphatic rings. The second-order valence-corrected chi connectivity index (χ2v) is 5.77. The van der Waals surface area contributed by atoms with Gasteiger partial charge in [0, 0.05) is 13.3 Å². The van der Waals surface area contributed by atoms with Gasteiger partial charge >= 0.3 is 5.97 Å². The third-order valence-electron chi connectivity index (χ3n) is 4.61. The summed E-state index contributed by atoms with van der Waals surface area (Å²) in [7, 11) is 0. The van der Waals surface area contributed by atoms with Crippen molar-refractivity contribution >= 4 is 5.97 Å². The highest BCUT2D eigenvalue weighted by Gasteiger charge is 2.52. The monoisotopic (exact) mass is 226 g/mol. The van der Waals surface area contributed by atoms with Crippen LogP contribution in [0.15, 0.2) is 0 Å². The Hall–Kier alpha value is -0.570. The van der Waals surface area contributed by atoms with Crippen molar-refractivity contribution in [2.45, 2.75) is 70.5 Å². The summed E-state index contributed by atoms with van der Waals surface area (Å²) in [5, 5.41) is 10.7. The molecule has 2 saturated carbocycles. The number of hydrogen-bond donors (Lipinski definition) is 1. The van der Waals surface area contributed by atoms with E-state index in [9.17, 15) is 9.90 Å². The molecule has 1 N–H and O–H groups in total. The van der Waals surface area contributed by atoms with Crippen molar-refractivity contribution in [1.29, 1.82) is 0 Å².